The first kappa shape index (κ1) is 16.4. The van der Waals surface area contributed by atoms with E-state index in [0.717, 1.165) is 5.56 Å². The molecule has 0 bridgehead atoms. The lowest BCUT2D eigenvalue weighted by atomic mass is 10.2. The summed E-state index contributed by atoms with van der Waals surface area (Å²) in [6.07, 6.45) is 0. The average Bonchev–Trinajstić information content (AvgIpc) is 2.47. The molecule has 1 aromatic heterocycles. The van der Waals surface area contributed by atoms with Crippen molar-refractivity contribution in [1.29, 1.82) is 0 Å². The first-order valence-electron chi connectivity index (χ1n) is 6.26. The van der Waals surface area contributed by atoms with Crippen molar-refractivity contribution in [2.45, 2.75) is 6.92 Å². The fourth-order valence-electron chi connectivity index (χ4n) is 1.55. The maximum absolute atomic E-state index is 11.6. The first-order chi connectivity index (χ1) is 10.9. The number of halogens is 1. The molecule has 120 valence electrons. The highest BCUT2D eigenvalue weighted by Gasteiger charge is 2.09. The molecule has 0 unspecified atom stereocenters. The number of aromatic nitrogens is 2. The molecule has 0 fully saturated rings. The van der Waals surface area contributed by atoms with Gasteiger partial charge in [0.2, 0.25) is 11.6 Å². The number of rotatable bonds is 4. The third-order valence-electron chi connectivity index (χ3n) is 2.65. The molecule has 2 rings (SSSR count). The minimum absolute atomic E-state index is 0.417. The van der Waals surface area contributed by atoms with Gasteiger partial charge in [-0.25, -0.2) is 4.79 Å². The van der Waals surface area contributed by atoms with Crippen LogP contribution in [0.2, 0.25) is 5.02 Å². The van der Waals surface area contributed by atoms with Gasteiger partial charge in [-0.1, -0.05) is 11.6 Å². The van der Waals surface area contributed by atoms with Crippen LogP contribution in [0.1, 0.15) is 5.56 Å². The van der Waals surface area contributed by atoms with Crippen LogP contribution in [0.4, 0.5) is 5.69 Å². The van der Waals surface area contributed by atoms with Gasteiger partial charge >= 0.3 is 11.6 Å². The van der Waals surface area contributed by atoms with Crippen molar-refractivity contribution >= 4 is 23.2 Å². The molecular weight excluding hydrogens is 328 g/mol. The minimum Gasteiger partial charge on any atom is -0.493 e. The summed E-state index contributed by atoms with van der Waals surface area (Å²) in [6.45, 7) is 1.36. The second-order valence-corrected chi connectivity index (χ2v) is 4.81. The molecule has 2 aromatic rings. The van der Waals surface area contributed by atoms with Crippen molar-refractivity contribution in [2.24, 2.45) is 10.2 Å². The van der Waals surface area contributed by atoms with Crippen LogP contribution in [0.15, 0.2) is 38.0 Å². The fraction of sp³-hybridized carbons (Fsp3) is 0.154. The standard InChI is InChI=1S/C13H11ClN4O5/c1-6-4-7(2-3-8(6)14)23-5-9(19)17-18-10-11(20)15-13(22)16-12(10)21/h2-4H,5H2,1H3,(H3,15,16,20,21,22). The number of nitrogens with one attached hydrogen (secondary N) is 2. The maximum atomic E-state index is 11.6. The van der Waals surface area contributed by atoms with Gasteiger partial charge in [-0.05, 0) is 30.7 Å². The van der Waals surface area contributed by atoms with Gasteiger partial charge in [0.05, 0.1) is 0 Å². The summed E-state index contributed by atoms with van der Waals surface area (Å²) in [6, 6.07) is 4.85. The SMILES string of the molecule is Cc1cc(OCC(=O)N=Nc2c(O)[nH]c(=O)[nH]c2=O)ccc1Cl. The lowest BCUT2D eigenvalue weighted by Crippen LogP contribution is -2.21. The van der Waals surface area contributed by atoms with Crippen LogP contribution in [0.3, 0.4) is 0 Å². The van der Waals surface area contributed by atoms with Gasteiger partial charge in [0.25, 0.3) is 5.56 Å². The van der Waals surface area contributed by atoms with E-state index >= 15 is 0 Å². The Hall–Kier alpha value is -2.94. The van der Waals surface area contributed by atoms with E-state index < -0.39 is 35.3 Å². The lowest BCUT2D eigenvalue weighted by molar-refractivity contribution is -0.120. The van der Waals surface area contributed by atoms with Crippen LogP contribution >= 0.6 is 11.6 Å². The van der Waals surface area contributed by atoms with Crippen LogP contribution < -0.4 is 16.0 Å². The van der Waals surface area contributed by atoms with Crippen LogP contribution in [0.5, 0.6) is 11.6 Å². The quantitative estimate of drug-likeness (QED) is 0.724. The van der Waals surface area contributed by atoms with Gasteiger partial charge in [0.15, 0.2) is 6.61 Å². The van der Waals surface area contributed by atoms with Crippen molar-refractivity contribution in [2.75, 3.05) is 6.61 Å². The number of hydrogen-bond acceptors (Lipinski definition) is 6. The zero-order valence-corrected chi connectivity index (χ0v) is 12.5. The van der Waals surface area contributed by atoms with Crippen LogP contribution in [0.25, 0.3) is 0 Å². The second-order valence-electron chi connectivity index (χ2n) is 4.40. The maximum Gasteiger partial charge on any atom is 0.328 e. The number of nitrogens with zero attached hydrogens (tertiary/aromatic N) is 2. The topological polar surface area (TPSA) is 137 Å². The Kier molecular flexibility index (Phi) is 4.91. The third kappa shape index (κ3) is 4.27. The highest BCUT2D eigenvalue weighted by molar-refractivity contribution is 6.31. The van der Waals surface area contributed by atoms with Crippen molar-refractivity contribution in [1.82, 2.24) is 9.97 Å². The number of carbonyl (C=O) groups excluding carboxylic acids is 1. The molecule has 0 aliphatic heterocycles. The van der Waals surface area contributed by atoms with E-state index in [1.807, 2.05) is 9.97 Å². The second kappa shape index (κ2) is 6.88. The van der Waals surface area contributed by atoms with Gasteiger partial charge in [0.1, 0.15) is 5.75 Å². The predicted molar refractivity (Wildman–Crippen MR) is 80.6 cm³/mol. The molecule has 0 atom stereocenters. The summed E-state index contributed by atoms with van der Waals surface area (Å²) in [5, 5.41) is 16.5. The molecule has 10 heteroatoms. The van der Waals surface area contributed by atoms with Gasteiger partial charge in [-0.15, -0.1) is 10.2 Å². The molecule has 9 nitrogen and oxygen atoms in total. The van der Waals surface area contributed by atoms with Gasteiger partial charge in [-0.2, -0.15) is 0 Å². The molecule has 0 saturated heterocycles. The molecule has 0 aliphatic rings. The number of H-pyrrole nitrogens is 2. The highest BCUT2D eigenvalue weighted by atomic mass is 35.5. The Morgan fingerprint density at radius 1 is 1.35 bits per heavy atom. The Morgan fingerprint density at radius 2 is 2.09 bits per heavy atom. The molecule has 1 amide bonds. The fourth-order valence-corrected chi connectivity index (χ4v) is 1.66. The normalized spacial score (nSPS) is 10.9. The van der Waals surface area contributed by atoms with Crippen molar-refractivity contribution in [3.05, 3.63) is 49.6 Å². The van der Waals surface area contributed by atoms with E-state index in [4.69, 9.17) is 16.3 Å². The third-order valence-corrected chi connectivity index (χ3v) is 3.08. The first-order valence-corrected chi connectivity index (χ1v) is 6.63. The number of hydrogen-bond donors (Lipinski definition) is 3. The van der Waals surface area contributed by atoms with E-state index in [1.54, 1.807) is 25.1 Å². The zero-order chi connectivity index (χ0) is 17.0. The predicted octanol–water partition coefficient (Wildman–Crippen LogP) is 1.42. The average molecular weight is 339 g/mol. The summed E-state index contributed by atoms with van der Waals surface area (Å²) in [4.78, 5) is 37.5. The van der Waals surface area contributed by atoms with Gasteiger partial charge < -0.3 is 9.84 Å². The molecule has 0 aliphatic carbocycles. The summed E-state index contributed by atoms with van der Waals surface area (Å²) in [7, 11) is 0. The summed E-state index contributed by atoms with van der Waals surface area (Å²) in [5.41, 5.74) is -1.68. The number of amides is 1. The Bertz CT molecular complexity index is 887. The smallest absolute Gasteiger partial charge is 0.328 e. The van der Waals surface area contributed by atoms with Crippen molar-refractivity contribution in [3.8, 4) is 11.6 Å². The highest BCUT2D eigenvalue weighted by Crippen LogP contribution is 2.21. The summed E-state index contributed by atoms with van der Waals surface area (Å²) in [5.74, 6) is -1.16. The number of azo groups is 1. The van der Waals surface area contributed by atoms with Crippen LogP contribution in [-0.4, -0.2) is 27.6 Å². The van der Waals surface area contributed by atoms with Crippen LogP contribution in [-0.2, 0) is 4.79 Å². The largest absolute Gasteiger partial charge is 0.493 e. The summed E-state index contributed by atoms with van der Waals surface area (Å²) < 4.78 is 5.20. The molecule has 1 heterocycles. The Labute approximate surface area is 133 Å². The Balaban J connectivity index is 2.03. The van der Waals surface area contributed by atoms with E-state index in [9.17, 15) is 19.5 Å². The number of aromatic hydroxyl groups is 1. The van der Waals surface area contributed by atoms with Crippen molar-refractivity contribution < 1.29 is 14.6 Å². The van der Waals surface area contributed by atoms with E-state index in [1.165, 1.54) is 0 Å². The van der Waals surface area contributed by atoms with E-state index in [0.29, 0.717) is 10.8 Å². The van der Waals surface area contributed by atoms with Crippen molar-refractivity contribution in [3.63, 3.8) is 0 Å². The zero-order valence-electron chi connectivity index (χ0n) is 11.8. The molecule has 1 aromatic carbocycles. The number of carbonyl (C=O) groups is 1. The molecule has 3 N–H and O–H groups in total. The summed E-state index contributed by atoms with van der Waals surface area (Å²) >= 11 is 5.86. The number of benzene rings is 1. The molecule has 0 spiro atoms. The number of ether oxygens (including phenoxy) is 1. The molecule has 0 radical (unpaired) electrons. The van der Waals surface area contributed by atoms with Gasteiger partial charge in [0, 0.05) is 5.02 Å². The van der Waals surface area contributed by atoms with E-state index in [2.05, 4.69) is 10.2 Å². The van der Waals surface area contributed by atoms with Crippen LogP contribution in [0, 0.1) is 6.92 Å². The lowest BCUT2D eigenvalue weighted by Gasteiger charge is -2.05. The monoisotopic (exact) mass is 338 g/mol. The number of aryl methyl sites for hydroxylation is 1. The number of aromatic amines is 2. The molecular formula is C13H11ClN4O5. The van der Waals surface area contributed by atoms with E-state index in [-0.39, 0.29) is 0 Å². The molecule has 23 heavy (non-hydrogen) atoms. The Morgan fingerprint density at radius 3 is 2.74 bits per heavy atom. The van der Waals surface area contributed by atoms with Gasteiger partial charge in [-0.3, -0.25) is 19.6 Å². The molecule has 0 saturated carbocycles. The minimum atomic E-state index is -0.975.